The van der Waals surface area contributed by atoms with Crippen molar-refractivity contribution in [3.8, 4) is 6.07 Å². The summed E-state index contributed by atoms with van der Waals surface area (Å²) >= 11 is 0. The van der Waals surface area contributed by atoms with Gasteiger partial charge in [-0.05, 0) is 38.2 Å². The zero-order valence-electron chi connectivity index (χ0n) is 12.5. The number of nitrogens with zero attached hydrogens (tertiary/aromatic N) is 3. The van der Waals surface area contributed by atoms with Gasteiger partial charge in [-0.15, -0.1) is 0 Å². The number of carbonyl (C=O) groups excluding carboxylic acids is 1. The van der Waals surface area contributed by atoms with E-state index in [1.165, 1.54) is 0 Å². The van der Waals surface area contributed by atoms with Crippen molar-refractivity contribution in [2.24, 2.45) is 5.41 Å². The standard InChI is InChI=1S/C15H17F3N4O/c16-15(17,18)12-7-11(20-21-12)10-3-1-6-22(8-10)13(23)14(9-19)4-2-5-14/h7,10H,1-6,8H2,(H,20,21). The van der Waals surface area contributed by atoms with Gasteiger partial charge in [0.15, 0.2) is 5.69 Å². The Hall–Kier alpha value is -2.04. The lowest BCUT2D eigenvalue weighted by molar-refractivity contribution is -0.144. The first-order valence-corrected chi connectivity index (χ1v) is 7.69. The molecule has 1 aromatic heterocycles. The lowest BCUT2D eigenvalue weighted by Gasteiger charge is -2.41. The van der Waals surface area contributed by atoms with E-state index in [4.69, 9.17) is 0 Å². The molecule has 1 amide bonds. The number of nitriles is 1. The van der Waals surface area contributed by atoms with Crippen LogP contribution >= 0.6 is 0 Å². The molecule has 1 aliphatic heterocycles. The average molecular weight is 326 g/mol. The van der Waals surface area contributed by atoms with E-state index in [9.17, 15) is 23.2 Å². The Kier molecular flexibility index (Phi) is 3.82. The molecule has 1 N–H and O–H groups in total. The smallest absolute Gasteiger partial charge is 0.341 e. The third kappa shape index (κ3) is 2.80. The van der Waals surface area contributed by atoms with Crippen molar-refractivity contribution in [1.29, 1.82) is 5.26 Å². The molecule has 0 aromatic carbocycles. The van der Waals surface area contributed by atoms with Gasteiger partial charge in [0.25, 0.3) is 0 Å². The number of amides is 1. The fourth-order valence-corrected chi connectivity index (χ4v) is 3.31. The number of H-pyrrole nitrogens is 1. The molecule has 8 heteroatoms. The summed E-state index contributed by atoms with van der Waals surface area (Å²) in [6.45, 7) is 0.890. The summed E-state index contributed by atoms with van der Waals surface area (Å²) in [5, 5.41) is 15.0. The van der Waals surface area contributed by atoms with E-state index in [0.29, 0.717) is 44.5 Å². The molecule has 2 aliphatic rings. The minimum atomic E-state index is -4.48. The Morgan fingerprint density at radius 1 is 1.43 bits per heavy atom. The van der Waals surface area contributed by atoms with Crippen molar-refractivity contribution >= 4 is 5.91 Å². The monoisotopic (exact) mass is 326 g/mol. The van der Waals surface area contributed by atoms with Crippen molar-refractivity contribution in [3.63, 3.8) is 0 Å². The molecule has 0 bridgehead atoms. The van der Waals surface area contributed by atoms with Crippen LogP contribution in [0.25, 0.3) is 0 Å². The van der Waals surface area contributed by atoms with Gasteiger partial charge in [0.2, 0.25) is 5.91 Å². The number of halogens is 3. The summed E-state index contributed by atoms with van der Waals surface area (Å²) < 4.78 is 37.9. The minimum Gasteiger partial charge on any atom is -0.341 e. The first-order chi connectivity index (χ1) is 10.9. The van der Waals surface area contributed by atoms with Crippen molar-refractivity contribution in [1.82, 2.24) is 15.1 Å². The van der Waals surface area contributed by atoms with Crippen LogP contribution in [0.4, 0.5) is 13.2 Å². The number of likely N-dealkylation sites (tertiary alicyclic amines) is 1. The minimum absolute atomic E-state index is 0.175. The summed E-state index contributed by atoms with van der Waals surface area (Å²) in [6, 6.07) is 3.15. The maximum Gasteiger partial charge on any atom is 0.435 e. The van der Waals surface area contributed by atoms with Crippen LogP contribution in [0.3, 0.4) is 0 Å². The van der Waals surface area contributed by atoms with Crippen LogP contribution in [0.5, 0.6) is 0 Å². The number of aromatic amines is 1. The third-order valence-corrected chi connectivity index (χ3v) is 4.87. The van der Waals surface area contributed by atoms with E-state index in [2.05, 4.69) is 16.3 Å². The quantitative estimate of drug-likeness (QED) is 0.908. The van der Waals surface area contributed by atoms with Gasteiger partial charge < -0.3 is 4.90 Å². The lowest BCUT2D eigenvalue weighted by atomic mass is 9.68. The van der Waals surface area contributed by atoms with Crippen LogP contribution in [0.1, 0.15) is 49.4 Å². The van der Waals surface area contributed by atoms with E-state index >= 15 is 0 Å². The molecule has 1 saturated carbocycles. The maximum absolute atomic E-state index is 12.6. The molecule has 1 aromatic rings. The van der Waals surface area contributed by atoms with E-state index in [0.717, 1.165) is 12.5 Å². The van der Waals surface area contributed by atoms with Gasteiger partial charge in [-0.1, -0.05) is 0 Å². The lowest BCUT2D eigenvalue weighted by Crippen LogP contribution is -2.50. The molecule has 0 radical (unpaired) electrons. The SMILES string of the molecule is N#CC1(C(=O)N2CCCC(c3cc(C(F)(F)F)n[nH]3)C2)CCC1. The molecule has 1 aliphatic carbocycles. The molecular weight excluding hydrogens is 309 g/mol. The Morgan fingerprint density at radius 2 is 2.17 bits per heavy atom. The largest absolute Gasteiger partial charge is 0.435 e. The van der Waals surface area contributed by atoms with E-state index in [1.807, 2.05) is 0 Å². The molecule has 23 heavy (non-hydrogen) atoms. The van der Waals surface area contributed by atoms with Crippen LogP contribution in [-0.2, 0) is 11.0 Å². The van der Waals surface area contributed by atoms with Crippen molar-refractivity contribution in [3.05, 3.63) is 17.5 Å². The second kappa shape index (κ2) is 5.55. The van der Waals surface area contributed by atoms with Crippen molar-refractivity contribution in [2.45, 2.75) is 44.2 Å². The van der Waals surface area contributed by atoms with Gasteiger partial charge >= 0.3 is 6.18 Å². The van der Waals surface area contributed by atoms with Crippen molar-refractivity contribution in [2.75, 3.05) is 13.1 Å². The second-order valence-corrected chi connectivity index (χ2v) is 6.34. The van der Waals surface area contributed by atoms with Crippen LogP contribution in [0.2, 0.25) is 0 Å². The fourth-order valence-electron chi connectivity index (χ4n) is 3.31. The van der Waals surface area contributed by atoms with Crippen molar-refractivity contribution < 1.29 is 18.0 Å². The van der Waals surface area contributed by atoms with Gasteiger partial charge in [-0.25, -0.2) is 0 Å². The highest BCUT2D eigenvalue weighted by Crippen LogP contribution is 2.43. The Labute approximate surface area is 131 Å². The van der Waals surface area contributed by atoms with Gasteiger partial charge in [0, 0.05) is 24.7 Å². The maximum atomic E-state index is 12.6. The molecule has 0 spiro atoms. The highest BCUT2D eigenvalue weighted by atomic mass is 19.4. The summed E-state index contributed by atoms with van der Waals surface area (Å²) in [5.41, 5.74) is -1.45. The normalized spacial score (nSPS) is 23.9. The zero-order valence-corrected chi connectivity index (χ0v) is 12.5. The molecule has 2 fully saturated rings. The van der Waals surface area contributed by atoms with Gasteiger partial charge in [0.1, 0.15) is 5.41 Å². The van der Waals surface area contributed by atoms with Gasteiger partial charge in [0.05, 0.1) is 6.07 Å². The molecule has 124 valence electrons. The van der Waals surface area contributed by atoms with Crippen LogP contribution in [0.15, 0.2) is 6.07 Å². The molecule has 3 rings (SSSR count). The van der Waals surface area contributed by atoms with Crippen LogP contribution < -0.4 is 0 Å². The summed E-state index contributed by atoms with van der Waals surface area (Å²) in [5.74, 6) is -0.376. The summed E-state index contributed by atoms with van der Waals surface area (Å²) in [6.07, 6.45) is -1.06. The van der Waals surface area contributed by atoms with Crippen LogP contribution in [0, 0.1) is 16.7 Å². The average Bonchev–Trinajstić information content (AvgIpc) is 2.97. The Balaban J connectivity index is 1.73. The molecule has 1 atom stereocenters. The van der Waals surface area contributed by atoms with E-state index < -0.39 is 17.3 Å². The first-order valence-electron chi connectivity index (χ1n) is 7.69. The molecule has 2 heterocycles. The zero-order chi connectivity index (χ0) is 16.7. The number of carbonyl (C=O) groups is 1. The second-order valence-electron chi connectivity index (χ2n) is 6.34. The molecule has 5 nitrogen and oxygen atoms in total. The Bertz CT molecular complexity index is 642. The van der Waals surface area contributed by atoms with E-state index in [-0.39, 0.29) is 11.8 Å². The summed E-state index contributed by atoms with van der Waals surface area (Å²) in [7, 11) is 0. The number of piperidine rings is 1. The number of rotatable bonds is 2. The predicted octanol–water partition coefficient (Wildman–Crippen LogP) is 2.83. The topological polar surface area (TPSA) is 72.8 Å². The number of alkyl halides is 3. The summed E-state index contributed by atoms with van der Waals surface area (Å²) in [4.78, 5) is 14.2. The highest BCUT2D eigenvalue weighted by Gasteiger charge is 2.47. The van der Waals surface area contributed by atoms with Crippen LogP contribution in [-0.4, -0.2) is 34.1 Å². The molecular formula is C15H17F3N4O. The van der Waals surface area contributed by atoms with Gasteiger partial charge in [-0.3, -0.25) is 9.89 Å². The number of aromatic nitrogens is 2. The third-order valence-electron chi connectivity index (χ3n) is 4.87. The predicted molar refractivity (Wildman–Crippen MR) is 74.0 cm³/mol. The molecule has 1 saturated heterocycles. The van der Waals surface area contributed by atoms with Gasteiger partial charge in [-0.2, -0.15) is 23.5 Å². The number of hydrogen-bond acceptors (Lipinski definition) is 3. The van der Waals surface area contributed by atoms with E-state index in [1.54, 1.807) is 4.90 Å². The Morgan fingerprint density at radius 3 is 2.70 bits per heavy atom. The number of nitrogens with one attached hydrogen (secondary N) is 1. The first kappa shape index (κ1) is 15.8. The highest BCUT2D eigenvalue weighted by molar-refractivity contribution is 5.86. The number of hydrogen-bond donors (Lipinski definition) is 1. The molecule has 1 unspecified atom stereocenters. The fraction of sp³-hybridized carbons (Fsp3) is 0.667.